The van der Waals surface area contributed by atoms with Crippen LogP contribution in [0.15, 0.2) is 30.3 Å². The second-order valence-electron chi connectivity index (χ2n) is 5.56. The van der Waals surface area contributed by atoms with Crippen LogP contribution in [0.5, 0.6) is 0 Å². The molecule has 0 bridgehead atoms. The average molecular weight is 268 g/mol. The van der Waals surface area contributed by atoms with Crippen LogP contribution < -0.4 is 0 Å². The van der Waals surface area contributed by atoms with E-state index in [2.05, 4.69) is 17.0 Å². The minimum atomic E-state index is -0.616. The van der Waals surface area contributed by atoms with E-state index in [4.69, 9.17) is 0 Å². The van der Waals surface area contributed by atoms with E-state index in [1.54, 1.807) is 0 Å². The van der Waals surface area contributed by atoms with Crippen LogP contribution in [-0.4, -0.2) is 29.1 Å². The molecule has 3 rings (SSSR count). The second-order valence-corrected chi connectivity index (χ2v) is 5.56. The number of hydrogen-bond donors (Lipinski definition) is 1. The first-order valence-electron chi connectivity index (χ1n) is 6.80. The second kappa shape index (κ2) is 5.60. The van der Waals surface area contributed by atoms with Gasteiger partial charge in [-0.2, -0.15) is 0 Å². The first-order chi connectivity index (χ1) is 8.28. The summed E-state index contributed by atoms with van der Waals surface area (Å²) in [5.74, 6) is 0. The van der Waals surface area contributed by atoms with Crippen LogP contribution in [0, 0.1) is 0 Å². The molecular formula is C15H22ClNO. The van der Waals surface area contributed by atoms with Crippen molar-refractivity contribution in [2.45, 2.75) is 43.7 Å². The maximum atomic E-state index is 10.8. The topological polar surface area (TPSA) is 23.5 Å². The molecule has 2 heterocycles. The van der Waals surface area contributed by atoms with Gasteiger partial charge in [0.05, 0.1) is 0 Å². The molecule has 0 spiro atoms. The molecule has 18 heavy (non-hydrogen) atoms. The summed E-state index contributed by atoms with van der Waals surface area (Å²) < 4.78 is 0. The first-order valence-corrected chi connectivity index (χ1v) is 6.80. The summed E-state index contributed by atoms with van der Waals surface area (Å²) in [6.45, 7) is 1.99. The fraction of sp³-hybridized carbons (Fsp3) is 0.600. The minimum Gasteiger partial charge on any atom is -0.384 e. The van der Waals surface area contributed by atoms with E-state index in [1.165, 1.54) is 25.8 Å². The summed E-state index contributed by atoms with van der Waals surface area (Å²) in [5.41, 5.74) is 0.471. The monoisotopic (exact) mass is 267 g/mol. The van der Waals surface area contributed by atoms with E-state index in [0.717, 1.165) is 31.0 Å². The highest BCUT2D eigenvalue weighted by molar-refractivity contribution is 5.85. The van der Waals surface area contributed by atoms with Crippen molar-refractivity contribution in [1.29, 1.82) is 0 Å². The Labute approximate surface area is 115 Å². The average Bonchev–Trinajstić information content (AvgIpc) is 2.40. The Hall–Kier alpha value is -0.570. The van der Waals surface area contributed by atoms with Crippen LogP contribution in [0.1, 0.15) is 37.7 Å². The summed E-state index contributed by atoms with van der Waals surface area (Å²) in [7, 11) is 0. The number of nitrogens with zero attached hydrogens (tertiary/aromatic N) is 1. The van der Waals surface area contributed by atoms with Crippen LogP contribution in [0.3, 0.4) is 0 Å². The van der Waals surface area contributed by atoms with Crippen LogP contribution in [0.25, 0.3) is 0 Å². The van der Waals surface area contributed by atoms with E-state index in [-0.39, 0.29) is 12.4 Å². The molecule has 0 aromatic heterocycles. The van der Waals surface area contributed by atoms with Crippen LogP contribution in [0.4, 0.5) is 0 Å². The van der Waals surface area contributed by atoms with Gasteiger partial charge in [0, 0.05) is 12.6 Å². The molecule has 2 fully saturated rings. The highest BCUT2D eigenvalue weighted by atomic mass is 35.5. The molecular weight excluding hydrogens is 246 g/mol. The van der Waals surface area contributed by atoms with E-state index in [1.807, 2.05) is 18.2 Å². The smallest absolute Gasteiger partial charge is 0.102 e. The van der Waals surface area contributed by atoms with Gasteiger partial charge in [-0.25, -0.2) is 0 Å². The molecule has 2 aliphatic rings. The van der Waals surface area contributed by atoms with Gasteiger partial charge in [-0.1, -0.05) is 36.8 Å². The van der Waals surface area contributed by atoms with Gasteiger partial charge in [-0.3, -0.25) is 4.90 Å². The highest BCUT2D eigenvalue weighted by Gasteiger charge is 2.39. The molecule has 2 saturated heterocycles. The number of fused-ring (bicyclic) bond motifs is 1. The summed E-state index contributed by atoms with van der Waals surface area (Å²) in [6.07, 6.45) is 6.04. The fourth-order valence-corrected chi connectivity index (χ4v) is 3.40. The van der Waals surface area contributed by atoms with Crippen LogP contribution >= 0.6 is 12.4 Å². The van der Waals surface area contributed by atoms with Crippen molar-refractivity contribution in [2.75, 3.05) is 13.1 Å². The number of rotatable bonds is 1. The standard InChI is InChI=1S/C15H21NO.ClH/c17-15(13-6-2-1-3-7-13)10-9-14-8-4-5-11-16(14)12-15;/h1-3,6-7,14,17H,4-5,8-12H2;1H. The predicted molar refractivity (Wildman–Crippen MR) is 76.0 cm³/mol. The van der Waals surface area contributed by atoms with E-state index in [0.29, 0.717) is 0 Å². The zero-order chi connectivity index (χ0) is 11.7. The van der Waals surface area contributed by atoms with Gasteiger partial charge in [-0.15, -0.1) is 12.4 Å². The van der Waals surface area contributed by atoms with Crippen molar-refractivity contribution in [2.24, 2.45) is 0 Å². The van der Waals surface area contributed by atoms with Gasteiger partial charge in [0.25, 0.3) is 0 Å². The molecule has 1 aromatic carbocycles. The van der Waals surface area contributed by atoms with Crippen molar-refractivity contribution in [3.8, 4) is 0 Å². The predicted octanol–water partition coefficient (Wildman–Crippen LogP) is 2.94. The highest BCUT2D eigenvalue weighted by Crippen LogP contribution is 2.37. The van der Waals surface area contributed by atoms with Crippen LogP contribution in [-0.2, 0) is 5.60 Å². The molecule has 2 unspecified atom stereocenters. The Balaban J connectivity index is 0.00000120. The molecule has 1 aromatic rings. The Bertz CT molecular complexity index is 383. The number of halogens is 1. The van der Waals surface area contributed by atoms with Gasteiger partial charge in [0.2, 0.25) is 0 Å². The number of piperidine rings is 2. The van der Waals surface area contributed by atoms with Gasteiger partial charge < -0.3 is 5.11 Å². The lowest BCUT2D eigenvalue weighted by atomic mass is 9.80. The van der Waals surface area contributed by atoms with Crippen molar-refractivity contribution in [1.82, 2.24) is 4.90 Å². The normalized spacial score (nSPS) is 32.4. The molecule has 100 valence electrons. The van der Waals surface area contributed by atoms with Gasteiger partial charge in [0.1, 0.15) is 5.60 Å². The molecule has 0 amide bonds. The number of benzene rings is 1. The van der Waals surface area contributed by atoms with Crippen LogP contribution in [0.2, 0.25) is 0 Å². The van der Waals surface area contributed by atoms with Crippen molar-refractivity contribution in [3.05, 3.63) is 35.9 Å². The maximum Gasteiger partial charge on any atom is 0.102 e. The van der Waals surface area contributed by atoms with Gasteiger partial charge in [-0.05, 0) is 37.8 Å². The molecule has 0 radical (unpaired) electrons. The van der Waals surface area contributed by atoms with Crippen molar-refractivity contribution >= 4 is 12.4 Å². The molecule has 2 aliphatic heterocycles. The van der Waals surface area contributed by atoms with E-state index < -0.39 is 5.60 Å². The summed E-state index contributed by atoms with van der Waals surface area (Å²) >= 11 is 0. The molecule has 2 nitrogen and oxygen atoms in total. The molecule has 2 atom stereocenters. The SMILES string of the molecule is Cl.OC1(c2ccccc2)CCC2CCCCN2C1. The zero-order valence-corrected chi connectivity index (χ0v) is 11.5. The Morgan fingerprint density at radius 1 is 1.11 bits per heavy atom. The van der Waals surface area contributed by atoms with Crippen molar-refractivity contribution < 1.29 is 5.11 Å². The van der Waals surface area contributed by atoms with E-state index >= 15 is 0 Å². The summed E-state index contributed by atoms with van der Waals surface area (Å²) in [6, 6.07) is 10.9. The maximum absolute atomic E-state index is 10.8. The lowest BCUT2D eigenvalue weighted by Gasteiger charge is -2.46. The third-order valence-corrected chi connectivity index (χ3v) is 4.42. The quantitative estimate of drug-likeness (QED) is 0.846. The zero-order valence-electron chi connectivity index (χ0n) is 10.7. The molecule has 0 aliphatic carbocycles. The molecule has 0 saturated carbocycles. The third-order valence-electron chi connectivity index (χ3n) is 4.42. The number of aliphatic hydroxyl groups is 1. The third kappa shape index (κ3) is 2.56. The molecule has 1 N–H and O–H groups in total. The van der Waals surface area contributed by atoms with E-state index in [9.17, 15) is 5.11 Å². The summed E-state index contributed by atoms with van der Waals surface area (Å²) in [4.78, 5) is 2.50. The van der Waals surface area contributed by atoms with Gasteiger partial charge >= 0.3 is 0 Å². The minimum absolute atomic E-state index is 0. The largest absolute Gasteiger partial charge is 0.384 e. The number of hydrogen-bond acceptors (Lipinski definition) is 2. The van der Waals surface area contributed by atoms with Gasteiger partial charge in [0.15, 0.2) is 0 Å². The lowest BCUT2D eigenvalue weighted by molar-refractivity contribution is -0.0661. The Morgan fingerprint density at radius 3 is 2.67 bits per heavy atom. The first kappa shape index (κ1) is 13.9. The van der Waals surface area contributed by atoms with Crippen molar-refractivity contribution in [3.63, 3.8) is 0 Å². The lowest BCUT2D eigenvalue weighted by Crippen LogP contribution is -2.52. The fourth-order valence-electron chi connectivity index (χ4n) is 3.40. The Kier molecular flexibility index (Phi) is 4.31. The Morgan fingerprint density at radius 2 is 1.89 bits per heavy atom. The molecule has 3 heteroatoms. The summed E-state index contributed by atoms with van der Waals surface area (Å²) in [5, 5.41) is 10.8.